The lowest BCUT2D eigenvalue weighted by Gasteiger charge is -2.27. The number of fused-ring (bicyclic) bond motifs is 1. The molecule has 0 unspecified atom stereocenters. The summed E-state index contributed by atoms with van der Waals surface area (Å²) in [7, 11) is -4.62. The number of anilines is 1. The molecule has 0 aromatic heterocycles. The summed E-state index contributed by atoms with van der Waals surface area (Å²) in [6.07, 6.45) is 0.0284. The monoisotopic (exact) mass is 302 g/mol. The Balaban J connectivity index is 2.10. The maximum Gasteiger partial charge on any atom is 0.259 e. The molecule has 0 N–H and O–H groups in total. The van der Waals surface area contributed by atoms with Gasteiger partial charge in [0.2, 0.25) is 0 Å². The van der Waals surface area contributed by atoms with Crippen LogP contribution in [0.25, 0.3) is 0 Å². The number of carbonyl (C=O) groups is 1. The normalized spacial score (nSPS) is 17.6. The van der Waals surface area contributed by atoms with E-state index in [4.69, 9.17) is 0 Å². The molecule has 3 rings (SSSR count). The van der Waals surface area contributed by atoms with Gasteiger partial charge in [-0.25, -0.2) is 8.42 Å². The van der Waals surface area contributed by atoms with E-state index in [0.29, 0.717) is 16.8 Å². The van der Waals surface area contributed by atoms with Gasteiger partial charge in [0, 0.05) is 17.7 Å². The topological polar surface area (TPSA) is 77.5 Å². The van der Waals surface area contributed by atoms with Gasteiger partial charge in [-0.3, -0.25) is 9.69 Å². The first-order chi connectivity index (χ1) is 9.98. The maximum absolute atomic E-state index is 12.6. The average Bonchev–Trinajstić information content (AvgIpc) is 2.87. The molecule has 6 heteroatoms. The largest absolute Gasteiger partial charge is 0.746 e. The van der Waals surface area contributed by atoms with E-state index in [1.807, 2.05) is 0 Å². The number of para-hydroxylation sites is 1. The van der Waals surface area contributed by atoms with Crippen LogP contribution in [0.1, 0.15) is 15.9 Å². The maximum atomic E-state index is 12.6. The van der Waals surface area contributed by atoms with Crippen molar-refractivity contribution in [3.05, 3.63) is 65.7 Å². The van der Waals surface area contributed by atoms with Crippen molar-refractivity contribution in [2.45, 2.75) is 11.8 Å². The van der Waals surface area contributed by atoms with Crippen LogP contribution in [0.5, 0.6) is 0 Å². The first-order valence-corrected chi connectivity index (χ1v) is 7.87. The van der Waals surface area contributed by atoms with Gasteiger partial charge < -0.3 is 4.55 Å². The highest BCUT2D eigenvalue weighted by atomic mass is 32.2. The molecule has 0 saturated heterocycles. The second kappa shape index (κ2) is 4.98. The number of rotatable bonds is 2. The van der Waals surface area contributed by atoms with Crippen molar-refractivity contribution >= 4 is 21.7 Å². The fourth-order valence-corrected chi connectivity index (χ4v) is 3.40. The van der Waals surface area contributed by atoms with Gasteiger partial charge in [-0.2, -0.15) is 0 Å². The molecular weight excluding hydrogens is 290 g/mol. The summed E-state index contributed by atoms with van der Waals surface area (Å²) in [5, 5.41) is -1.39. The molecule has 1 aliphatic heterocycles. The molecule has 0 saturated carbocycles. The van der Waals surface area contributed by atoms with Gasteiger partial charge >= 0.3 is 0 Å². The Hall–Kier alpha value is -2.18. The Morgan fingerprint density at radius 1 is 1.05 bits per heavy atom. The summed E-state index contributed by atoms with van der Waals surface area (Å²) in [6.45, 7) is 0. The molecule has 1 heterocycles. The predicted octanol–water partition coefficient (Wildman–Crippen LogP) is 1.76. The minimum Gasteiger partial charge on any atom is -0.746 e. The molecule has 1 atom stereocenters. The van der Waals surface area contributed by atoms with Crippen LogP contribution in [-0.2, 0) is 16.5 Å². The van der Waals surface area contributed by atoms with E-state index in [1.54, 1.807) is 54.6 Å². The predicted molar refractivity (Wildman–Crippen MR) is 76.9 cm³/mol. The molecule has 0 spiro atoms. The molecule has 0 bridgehead atoms. The fraction of sp³-hybridized carbons (Fsp3) is 0.133. The summed E-state index contributed by atoms with van der Waals surface area (Å²) >= 11 is 0. The van der Waals surface area contributed by atoms with E-state index >= 15 is 0 Å². The lowest BCUT2D eigenvalue weighted by molar-refractivity contribution is 0.0984. The molecular formula is C15H12NO4S-. The SMILES string of the molecule is O=C(c1ccccc1)N1c2ccccc2C[C@@H]1S(=O)(=O)[O-]. The Kier molecular flexibility index (Phi) is 3.27. The molecule has 0 aliphatic carbocycles. The van der Waals surface area contributed by atoms with Gasteiger partial charge in [0.25, 0.3) is 5.91 Å². The smallest absolute Gasteiger partial charge is 0.259 e. The first-order valence-electron chi connectivity index (χ1n) is 6.40. The Labute approximate surface area is 122 Å². The Morgan fingerprint density at radius 3 is 2.33 bits per heavy atom. The second-order valence-electron chi connectivity index (χ2n) is 4.82. The van der Waals surface area contributed by atoms with Gasteiger partial charge in [-0.1, -0.05) is 36.4 Å². The zero-order valence-electron chi connectivity index (χ0n) is 11.0. The van der Waals surface area contributed by atoms with E-state index in [-0.39, 0.29) is 6.42 Å². The minimum atomic E-state index is -4.62. The number of hydrogen-bond acceptors (Lipinski definition) is 4. The van der Waals surface area contributed by atoms with Crippen molar-refractivity contribution < 1.29 is 17.8 Å². The van der Waals surface area contributed by atoms with Crippen molar-refractivity contribution in [1.82, 2.24) is 0 Å². The molecule has 0 radical (unpaired) electrons. The van der Waals surface area contributed by atoms with Gasteiger partial charge in [0.05, 0.1) is 0 Å². The number of carbonyl (C=O) groups excluding carboxylic acids is 1. The van der Waals surface area contributed by atoms with Crippen LogP contribution in [0.3, 0.4) is 0 Å². The van der Waals surface area contributed by atoms with Gasteiger partial charge in [0.1, 0.15) is 15.5 Å². The summed E-state index contributed by atoms with van der Waals surface area (Å²) in [6, 6.07) is 15.2. The summed E-state index contributed by atoms with van der Waals surface area (Å²) in [5.74, 6) is -0.482. The number of benzene rings is 2. The average molecular weight is 302 g/mol. The Morgan fingerprint density at radius 2 is 1.67 bits per heavy atom. The van der Waals surface area contributed by atoms with E-state index in [0.717, 1.165) is 4.90 Å². The Bertz CT molecular complexity index is 786. The minimum absolute atomic E-state index is 0.0284. The van der Waals surface area contributed by atoms with Crippen molar-refractivity contribution in [2.75, 3.05) is 4.90 Å². The van der Waals surface area contributed by atoms with E-state index < -0.39 is 21.4 Å². The van der Waals surface area contributed by atoms with Crippen LogP contribution in [0.15, 0.2) is 54.6 Å². The van der Waals surface area contributed by atoms with Gasteiger partial charge in [-0.15, -0.1) is 0 Å². The number of nitrogens with zero attached hydrogens (tertiary/aromatic N) is 1. The van der Waals surface area contributed by atoms with Gasteiger partial charge in [-0.05, 0) is 23.8 Å². The van der Waals surface area contributed by atoms with Crippen molar-refractivity contribution in [2.24, 2.45) is 0 Å². The summed E-state index contributed by atoms with van der Waals surface area (Å²) < 4.78 is 34.5. The zero-order valence-corrected chi connectivity index (χ0v) is 11.8. The highest BCUT2D eigenvalue weighted by Crippen LogP contribution is 2.35. The molecule has 108 valence electrons. The highest BCUT2D eigenvalue weighted by Gasteiger charge is 2.37. The van der Waals surface area contributed by atoms with Crippen molar-refractivity contribution in [3.63, 3.8) is 0 Å². The van der Waals surface area contributed by atoms with Crippen molar-refractivity contribution in [1.29, 1.82) is 0 Å². The second-order valence-corrected chi connectivity index (χ2v) is 6.35. The lowest BCUT2D eigenvalue weighted by Crippen LogP contribution is -2.42. The first kappa shape index (κ1) is 13.8. The molecule has 2 aromatic carbocycles. The molecule has 0 fully saturated rings. The highest BCUT2D eigenvalue weighted by molar-refractivity contribution is 7.86. The van der Waals surface area contributed by atoms with Crippen LogP contribution in [0.2, 0.25) is 0 Å². The van der Waals surface area contributed by atoms with E-state index in [1.165, 1.54) is 0 Å². The molecule has 2 aromatic rings. The van der Waals surface area contributed by atoms with Crippen LogP contribution in [-0.4, -0.2) is 24.3 Å². The molecule has 1 amide bonds. The molecule has 21 heavy (non-hydrogen) atoms. The number of amides is 1. The van der Waals surface area contributed by atoms with Crippen LogP contribution in [0, 0.1) is 0 Å². The van der Waals surface area contributed by atoms with Crippen LogP contribution >= 0.6 is 0 Å². The summed E-state index contributed by atoms with van der Waals surface area (Å²) in [4.78, 5) is 13.7. The quantitative estimate of drug-likeness (QED) is 0.792. The van der Waals surface area contributed by atoms with Crippen LogP contribution in [0.4, 0.5) is 5.69 Å². The van der Waals surface area contributed by atoms with Crippen molar-refractivity contribution in [3.8, 4) is 0 Å². The van der Waals surface area contributed by atoms with E-state index in [2.05, 4.69) is 0 Å². The number of hydrogen-bond donors (Lipinski definition) is 0. The third-order valence-corrected chi connectivity index (χ3v) is 4.55. The summed E-state index contributed by atoms with van der Waals surface area (Å²) in [5.41, 5.74) is 1.52. The van der Waals surface area contributed by atoms with Crippen LogP contribution < -0.4 is 4.90 Å². The third-order valence-electron chi connectivity index (χ3n) is 3.51. The zero-order chi connectivity index (χ0) is 15.0. The lowest BCUT2D eigenvalue weighted by atomic mass is 10.1. The molecule has 1 aliphatic rings. The van der Waals surface area contributed by atoms with E-state index in [9.17, 15) is 17.8 Å². The molecule has 5 nitrogen and oxygen atoms in total. The third kappa shape index (κ3) is 2.43. The standard InChI is InChI=1S/C15H13NO4S/c17-15(11-6-2-1-3-7-11)16-13-9-5-4-8-12(13)10-14(16)21(18,19)20/h1-9,14H,10H2,(H,18,19,20)/p-1/t14-/m0/s1. The fourth-order valence-electron chi connectivity index (χ4n) is 2.54. The van der Waals surface area contributed by atoms with Gasteiger partial charge in [0.15, 0.2) is 0 Å².